The van der Waals surface area contributed by atoms with Gasteiger partial charge in [-0.25, -0.2) is 0 Å². The van der Waals surface area contributed by atoms with Crippen LogP contribution in [0, 0.1) is 0 Å². The van der Waals surface area contributed by atoms with E-state index in [1.165, 1.54) is 263 Å². The van der Waals surface area contributed by atoms with Crippen molar-refractivity contribution in [1.82, 2.24) is 0 Å². The van der Waals surface area contributed by atoms with Crippen LogP contribution in [0.15, 0.2) is 24.3 Å². The Labute approximate surface area is 455 Å². The molecule has 0 radical (unpaired) electrons. The van der Waals surface area contributed by atoms with Crippen LogP contribution in [0.25, 0.3) is 0 Å². The predicted molar refractivity (Wildman–Crippen MR) is 316 cm³/mol. The number of rotatable bonds is 61. The van der Waals surface area contributed by atoms with Crippen molar-refractivity contribution in [2.24, 2.45) is 0 Å². The van der Waals surface area contributed by atoms with Crippen molar-refractivity contribution in [3.8, 4) is 0 Å². The molecule has 6 heteroatoms. The Morgan fingerprint density at radius 2 is 0.466 bits per heavy atom. The van der Waals surface area contributed by atoms with Gasteiger partial charge in [-0.3, -0.25) is 14.4 Å². The van der Waals surface area contributed by atoms with Gasteiger partial charge in [0.25, 0.3) is 0 Å². The van der Waals surface area contributed by atoms with Gasteiger partial charge in [-0.1, -0.05) is 308 Å². The minimum atomic E-state index is -0.774. The molecule has 0 aliphatic carbocycles. The van der Waals surface area contributed by atoms with E-state index in [1.54, 1.807) is 0 Å². The second-order valence-corrected chi connectivity index (χ2v) is 22.4. The van der Waals surface area contributed by atoms with Crippen LogP contribution in [0.2, 0.25) is 0 Å². The average molecular weight is 1030 g/mol. The molecule has 0 rings (SSSR count). The summed E-state index contributed by atoms with van der Waals surface area (Å²) in [5.74, 6) is -0.861. The summed E-state index contributed by atoms with van der Waals surface area (Å²) >= 11 is 0. The van der Waals surface area contributed by atoms with Crippen LogP contribution in [0.1, 0.15) is 367 Å². The lowest BCUT2D eigenvalue weighted by atomic mass is 10.0. The van der Waals surface area contributed by atoms with Crippen LogP contribution in [0.4, 0.5) is 0 Å². The van der Waals surface area contributed by atoms with Gasteiger partial charge in [-0.05, 0) is 64.2 Å². The molecule has 0 aromatic carbocycles. The van der Waals surface area contributed by atoms with Crippen LogP contribution in [-0.4, -0.2) is 37.2 Å². The van der Waals surface area contributed by atoms with Gasteiger partial charge in [0.05, 0.1) is 0 Å². The molecule has 0 saturated heterocycles. The third-order valence-corrected chi connectivity index (χ3v) is 14.9. The zero-order chi connectivity index (χ0) is 52.9. The first-order valence-electron chi connectivity index (χ1n) is 32.8. The fourth-order valence-corrected chi connectivity index (χ4v) is 9.95. The van der Waals surface area contributed by atoms with Gasteiger partial charge in [0.1, 0.15) is 13.2 Å². The highest BCUT2D eigenvalue weighted by atomic mass is 16.6. The number of unbranched alkanes of at least 4 members (excludes halogenated alkanes) is 46. The van der Waals surface area contributed by atoms with Crippen molar-refractivity contribution in [3.63, 3.8) is 0 Å². The van der Waals surface area contributed by atoms with Gasteiger partial charge in [0.15, 0.2) is 6.10 Å². The molecule has 73 heavy (non-hydrogen) atoms. The summed E-state index contributed by atoms with van der Waals surface area (Å²) in [5.41, 5.74) is 0. The van der Waals surface area contributed by atoms with E-state index < -0.39 is 6.10 Å². The third kappa shape index (κ3) is 60.6. The maximum atomic E-state index is 12.9. The maximum absolute atomic E-state index is 12.9. The first kappa shape index (κ1) is 70.9. The van der Waals surface area contributed by atoms with Gasteiger partial charge >= 0.3 is 17.9 Å². The van der Waals surface area contributed by atoms with Crippen LogP contribution in [0.3, 0.4) is 0 Å². The number of ether oxygens (including phenoxy) is 3. The third-order valence-electron chi connectivity index (χ3n) is 14.9. The van der Waals surface area contributed by atoms with Gasteiger partial charge in [0.2, 0.25) is 0 Å². The number of hydrogen-bond donors (Lipinski definition) is 0. The molecule has 1 atom stereocenters. The van der Waals surface area contributed by atoms with Crippen LogP contribution in [0.5, 0.6) is 0 Å². The maximum Gasteiger partial charge on any atom is 0.306 e. The van der Waals surface area contributed by atoms with Crippen LogP contribution < -0.4 is 0 Å². The summed E-state index contributed by atoms with van der Waals surface area (Å²) in [6, 6.07) is 0. The second kappa shape index (κ2) is 62.4. The number of carbonyl (C=O) groups is 3. The van der Waals surface area contributed by atoms with E-state index in [0.717, 1.165) is 64.2 Å². The zero-order valence-electron chi connectivity index (χ0n) is 49.4. The van der Waals surface area contributed by atoms with E-state index >= 15 is 0 Å². The van der Waals surface area contributed by atoms with E-state index in [0.29, 0.717) is 19.3 Å². The number of esters is 3. The molecule has 1 unspecified atom stereocenters. The molecule has 0 fully saturated rings. The van der Waals surface area contributed by atoms with Crippen molar-refractivity contribution in [3.05, 3.63) is 24.3 Å². The minimum Gasteiger partial charge on any atom is -0.462 e. The SMILES string of the molecule is CCCC/C=C\CCCCCCCC(=O)OCC(COC(=O)CCCCCCCCCCCCCCCCCCCCCCCCCCCC)OC(=O)CCCCCCCCC/C=C\CCCCCCCCC. The normalized spacial score (nSPS) is 12.1. The monoisotopic (exact) mass is 1030 g/mol. The van der Waals surface area contributed by atoms with Crippen LogP contribution >= 0.6 is 0 Å². The van der Waals surface area contributed by atoms with E-state index in [4.69, 9.17) is 14.2 Å². The second-order valence-electron chi connectivity index (χ2n) is 22.4. The Morgan fingerprint density at radius 1 is 0.260 bits per heavy atom. The molecule has 0 aromatic heterocycles. The smallest absolute Gasteiger partial charge is 0.306 e. The number of carbonyl (C=O) groups excluding carboxylic acids is 3. The van der Waals surface area contributed by atoms with Crippen molar-refractivity contribution in [2.75, 3.05) is 13.2 Å². The summed E-state index contributed by atoms with van der Waals surface area (Å²) in [7, 11) is 0. The fraction of sp³-hybridized carbons (Fsp3) is 0.896. The lowest BCUT2D eigenvalue weighted by molar-refractivity contribution is -0.167. The predicted octanol–water partition coefficient (Wildman–Crippen LogP) is 22.2. The Kier molecular flexibility index (Phi) is 60.6. The fourth-order valence-electron chi connectivity index (χ4n) is 9.95. The molecule has 0 bridgehead atoms. The Bertz CT molecular complexity index is 1180. The molecular weight excluding hydrogens is 901 g/mol. The largest absolute Gasteiger partial charge is 0.462 e. The highest BCUT2D eigenvalue weighted by Gasteiger charge is 2.19. The standard InChI is InChI=1S/C67H126O6/c1-4-7-10-13-16-19-22-24-26-28-30-31-32-33-34-35-36-37-39-40-42-45-48-51-54-57-60-66(69)72-63-64(62-71-65(68)59-56-53-50-47-44-21-18-15-12-9-6-3)73-67(70)61-58-55-52-49-46-43-41-38-29-27-25-23-20-17-14-11-8-5-2/h15,18,27,29,64H,4-14,16-17,19-26,28,30-63H2,1-3H3/b18-15-,29-27-. The quantitative estimate of drug-likeness (QED) is 0.0261. The minimum absolute atomic E-state index is 0.0709. The molecule has 6 nitrogen and oxygen atoms in total. The summed E-state index contributed by atoms with van der Waals surface area (Å²) in [6.45, 7) is 6.65. The Morgan fingerprint density at radius 3 is 0.726 bits per heavy atom. The zero-order valence-corrected chi connectivity index (χ0v) is 49.4. The van der Waals surface area contributed by atoms with E-state index in [-0.39, 0.29) is 31.1 Å². The Balaban J connectivity index is 4.17. The highest BCUT2D eigenvalue weighted by molar-refractivity contribution is 5.71. The molecule has 0 aliphatic heterocycles. The van der Waals surface area contributed by atoms with E-state index in [2.05, 4.69) is 45.1 Å². The first-order valence-corrected chi connectivity index (χ1v) is 32.8. The molecule has 0 aliphatic rings. The molecule has 0 heterocycles. The van der Waals surface area contributed by atoms with E-state index in [9.17, 15) is 14.4 Å². The summed E-state index contributed by atoms with van der Waals surface area (Å²) in [5, 5.41) is 0. The molecule has 0 saturated carbocycles. The average Bonchev–Trinajstić information content (AvgIpc) is 3.39. The van der Waals surface area contributed by atoms with Gasteiger partial charge < -0.3 is 14.2 Å². The van der Waals surface area contributed by atoms with Crippen molar-refractivity contribution >= 4 is 17.9 Å². The molecule has 0 spiro atoms. The summed E-state index contributed by atoms with van der Waals surface area (Å²) < 4.78 is 16.9. The van der Waals surface area contributed by atoms with Gasteiger partial charge in [0, 0.05) is 19.3 Å². The lowest BCUT2D eigenvalue weighted by Crippen LogP contribution is -2.30. The summed E-state index contributed by atoms with van der Waals surface area (Å²) in [6.07, 6.45) is 74.9. The first-order chi connectivity index (χ1) is 36.0. The highest BCUT2D eigenvalue weighted by Crippen LogP contribution is 2.18. The lowest BCUT2D eigenvalue weighted by Gasteiger charge is -2.18. The number of allylic oxidation sites excluding steroid dienone is 4. The molecule has 0 amide bonds. The Hall–Kier alpha value is -2.11. The van der Waals surface area contributed by atoms with Crippen LogP contribution in [-0.2, 0) is 28.6 Å². The topological polar surface area (TPSA) is 78.9 Å². The van der Waals surface area contributed by atoms with Gasteiger partial charge in [-0.2, -0.15) is 0 Å². The molecule has 430 valence electrons. The summed E-state index contributed by atoms with van der Waals surface area (Å²) in [4.78, 5) is 38.2. The van der Waals surface area contributed by atoms with Crippen molar-refractivity contribution < 1.29 is 28.6 Å². The number of hydrogen-bond acceptors (Lipinski definition) is 6. The van der Waals surface area contributed by atoms with Crippen molar-refractivity contribution in [2.45, 2.75) is 374 Å². The molecule has 0 N–H and O–H groups in total. The van der Waals surface area contributed by atoms with E-state index in [1.807, 2.05) is 0 Å². The van der Waals surface area contributed by atoms with Crippen molar-refractivity contribution in [1.29, 1.82) is 0 Å². The molecule has 0 aromatic rings. The molecular formula is C67H126O6. The van der Waals surface area contributed by atoms with Gasteiger partial charge in [-0.15, -0.1) is 0 Å².